The minimum Gasteiger partial charge on any atom is -0.373 e. The van der Waals surface area contributed by atoms with Crippen LogP contribution in [-0.2, 0) is 9.59 Å². The summed E-state index contributed by atoms with van der Waals surface area (Å²) in [4.78, 5) is 27.4. The van der Waals surface area contributed by atoms with Gasteiger partial charge in [0.15, 0.2) is 0 Å². The van der Waals surface area contributed by atoms with E-state index in [1.807, 2.05) is 61.6 Å². The first-order valence-electron chi connectivity index (χ1n) is 8.23. The summed E-state index contributed by atoms with van der Waals surface area (Å²) >= 11 is 1.45. The van der Waals surface area contributed by atoms with Crippen LogP contribution in [0.5, 0.6) is 0 Å². The minimum atomic E-state index is -0.387. The second-order valence-corrected chi connectivity index (χ2v) is 7.15. The molecule has 1 heterocycles. The van der Waals surface area contributed by atoms with Gasteiger partial charge in [-0.25, -0.2) is 0 Å². The SMILES string of the molecule is CN(CCNC(=O)C[C@H]1Sc2ccccc2NC1=O)c1ccccc1. The molecule has 0 aliphatic carbocycles. The van der Waals surface area contributed by atoms with E-state index in [0.717, 1.165) is 16.3 Å². The van der Waals surface area contributed by atoms with Gasteiger partial charge in [-0.1, -0.05) is 30.3 Å². The van der Waals surface area contributed by atoms with Gasteiger partial charge < -0.3 is 15.5 Å². The topological polar surface area (TPSA) is 61.4 Å². The van der Waals surface area contributed by atoms with Crippen LogP contribution >= 0.6 is 11.8 Å². The molecule has 0 radical (unpaired) electrons. The van der Waals surface area contributed by atoms with E-state index in [9.17, 15) is 9.59 Å². The van der Waals surface area contributed by atoms with E-state index in [2.05, 4.69) is 15.5 Å². The van der Waals surface area contributed by atoms with Crippen molar-refractivity contribution in [1.82, 2.24) is 5.32 Å². The zero-order valence-corrected chi connectivity index (χ0v) is 14.9. The molecule has 0 saturated heterocycles. The fourth-order valence-electron chi connectivity index (χ4n) is 2.64. The van der Waals surface area contributed by atoms with Gasteiger partial charge in [0.25, 0.3) is 0 Å². The first kappa shape index (κ1) is 17.4. The van der Waals surface area contributed by atoms with Crippen molar-refractivity contribution in [2.24, 2.45) is 0 Å². The zero-order chi connectivity index (χ0) is 17.6. The number of nitrogens with one attached hydrogen (secondary N) is 2. The number of para-hydroxylation sites is 2. The Balaban J connectivity index is 1.46. The number of carbonyl (C=O) groups is 2. The highest BCUT2D eigenvalue weighted by Gasteiger charge is 2.28. The molecule has 2 N–H and O–H groups in total. The van der Waals surface area contributed by atoms with E-state index in [1.165, 1.54) is 11.8 Å². The first-order chi connectivity index (χ1) is 12.1. The number of thioether (sulfide) groups is 1. The average molecular weight is 355 g/mol. The molecule has 0 aromatic heterocycles. The van der Waals surface area contributed by atoms with Crippen molar-refractivity contribution < 1.29 is 9.59 Å². The summed E-state index contributed by atoms with van der Waals surface area (Å²) in [6.07, 6.45) is 0.180. The highest BCUT2D eigenvalue weighted by atomic mass is 32.2. The number of amides is 2. The summed E-state index contributed by atoms with van der Waals surface area (Å²) < 4.78 is 0. The van der Waals surface area contributed by atoms with Gasteiger partial charge in [0.05, 0.1) is 10.9 Å². The molecule has 130 valence electrons. The Bertz CT molecular complexity index is 751. The van der Waals surface area contributed by atoms with E-state index in [-0.39, 0.29) is 23.5 Å². The van der Waals surface area contributed by atoms with Gasteiger partial charge in [-0.15, -0.1) is 11.8 Å². The van der Waals surface area contributed by atoms with Crippen LogP contribution in [0.15, 0.2) is 59.5 Å². The maximum atomic E-state index is 12.2. The summed E-state index contributed by atoms with van der Waals surface area (Å²) in [6.45, 7) is 1.25. The molecule has 2 amide bonds. The average Bonchev–Trinajstić information content (AvgIpc) is 2.63. The number of hydrogen-bond donors (Lipinski definition) is 2. The number of benzene rings is 2. The molecule has 0 fully saturated rings. The van der Waals surface area contributed by atoms with Crippen LogP contribution in [0.3, 0.4) is 0 Å². The Hall–Kier alpha value is -2.47. The number of rotatable bonds is 6. The maximum absolute atomic E-state index is 12.2. The second-order valence-electron chi connectivity index (χ2n) is 5.90. The molecule has 2 aromatic rings. The lowest BCUT2D eigenvalue weighted by Gasteiger charge is -2.24. The van der Waals surface area contributed by atoms with Gasteiger partial charge in [0, 0.05) is 37.1 Å². The molecule has 1 aliphatic rings. The van der Waals surface area contributed by atoms with Crippen LogP contribution in [0.1, 0.15) is 6.42 Å². The quantitative estimate of drug-likeness (QED) is 0.836. The Labute approximate surface area is 151 Å². The van der Waals surface area contributed by atoms with E-state index in [4.69, 9.17) is 0 Å². The lowest BCUT2D eigenvalue weighted by atomic mass is 10.2. The third-order valence-electron chi connectivity index (χ3n) is 4.04. The smallest absolute Gasteiger partial charge is 0.238 e. The molecular formula is C19H21N3O2S. The fourth-order valence-corrected chi connectivity index (χ4v) is 3.75. The van der Waals surface area contributed by atoms with Gasteiger partial charge >= 0.3 is 0 Å². The molecule has 1 aliphatic heterocycles. The van der Waals surface area contributed by atoms with E-state index in [0.29, 0.717) is 13.1 Å². The summed E-state index contributed by atoms with van der Waals surface area (Å²) in [5.41, 5.74) is 1.93. The van der Waals surface area contributed by atoms with Crippen molar-refractivity contribution in [2.45, 2.75) is 16.6 Å². The van der Waals surface area contributed by atoms with Crippen molar-refractivity contribution in [2.75, 3.05) is 30.4 Å². The van der Waals surface area contributed by atoms with Crippen LogP contribution in [0.25, 0.3) is 0 Å². The van der Waals surface area contributed by atoms with E-state index >= 15 is 0 Å². The molecule has 25 heavy (non-hydrogen) atoms. The Morgan fingerprint density at radius 2 is 1.88 bits per heavy atom. The lowest BCUT2D eigenvalue weighted by Crippen LogP contribution is -2.37. The lowest BCUT2D eigenvalue weighted by molar-refractivity contribution is -0.124. The number of anilines is 2. The molecule has 0 unspecified atom stereocenters. The standard InChI is InChI=1S/C19H21N3O2S/c1-22(14-7-3-2-4-8-14)12-11-20-18(23)13-17-19(24)21-15-9-5-6-10-16(15)25-17/h2-10,17H,11-13H2,1H3,(H,20,23)(H,21,24)/t17-/m1/s1. The third kappa shape index (κ3) is 4.54. The Kier molecular flexibility index (Phi) is 5.60. The highest BCUT2D eigenvalue weighted by molar-refractivity contribution is 8.01. The predicted molar refractivity (Wildman–Crippen MR) is 102 cm³/mol. The monoisotopic (exact) mass is 355 g/mol. The summed E-state index contributed by atoms with van der Waals surface area (Å²) in [5.74, 6) is -0.214. The van der Waals surface area contributed by atoms with Crippen molar-refractivity contribution >= 4 is 35.0 Å². The summed E-state index contributed by atoms with van der Waals surface area (Å²) in [5, 5.41) is 5.38. The Morgan fingerprint density at radius 3 is 2.68 bits per heavy atom. The third-order valence-corrected chi connectivity index (χ3v) is 5.32. The molecule has 5 nitrogen and oxygen atoms in total. The molecule has 0 spiro atoms. The maximum Gasteiger partial charge on any atom is 0.238 e. The Morgan fingerprint density at radius 1 is 1.16 bits per heavy atom. The summed E-state index contributed by atoms with van der Waals surface area (Å²) in [6, 6.07) is 17.7. The first-order valence-corrected chi connectivity index (χ1v) is 9.11. The van der Waals surface area contributed by atoms with Crippen LogP contribution in [0.4, 0.5) is 11.4 Å². The molecule has 1 atom stereocenters. The van der Waals surface area contributed by atoms with Crippen molar-refractivity contribution in [3.05, 3.63) is 54.6 Å². The van der Waals surface area contributed by atoms with Crippen molar-refractivity contribution in [3.63, 3.8) is 0 Å². The van der Waals surface area contributed by atoms with Crippen LogP contribution < -0.4 is 15.5 Å². The molecule has 0 bridgehead atoms. The fraction of sp³-hybridized carbons (Fsp3) is 0.263. The van der Waals surface area contributed by atoms with Crippen molar-refractivity contribution in [1.29, 1.82) is 0 Å². The van der Waals surface area contributed by atoms with Crippen LogP contribution in [0.2, 0.25) is 0 Å². The normalized spacial score (nSPS) is 15.9. The van der Waals surface area contributed by atoms with E-state index < -0.39 is 0 Å². The molecule has 3 rings (SSSR count). The highest BCUT2D eigenvalue weighted by Crippen LogP contribution is 2.36. The van der Waals surface area contributed by atoms with Gasteiger partial charge in [-0.2, -0.15) is 0 Å². The molecular weight excluding hydrogens is 334 g/mol. The number of nitrogens with zero attached hydrogens (tertiary/aromatic N) is 1. The van der Waals surface area contributed by atoms with Gasteiger partial charge in [0.2, 0.25) is 11.8 Å². The van der Waals surface area contributed by atoms with Crippen LogP contribution in [-0.4, -0.2) is 37.2 Å². The van der Waals surface area contributed by atoms with Gasteiger partial charge in [0.1, 0.15) is 0 Å². The van der Waals surface area contributed by atoms with Gasteiger partial charge in [-0.05, 0) is 24.3 Å². The molecule has 6 heteroatoms. The minimum absolute atomic E-state index is 0.103. The predicted octanol–water partition coefficient (Wildman–Crippen LogP) is 2.74. The second kappa shape index (κ2) is 8.07. The largest absolute Gasteiger partial charge is 0.373 e. The van der Waals surface area contributed by atoms with E-state index in [1.54, 1.807) is 0 Å². The molecule has 2 aromatic carbocycles. The van der Waals surface area contributed by atoms with Crippen LogP contribution in [0, 0.1) is 0 Å². The zero-order valence-electron chi connectivity index (χ0n) is 14.1. The molecule has 0 saturated carbocycles. The number of likely N-dealkylation sites (N-methyl/N-ethyl adjacent to an activating group) is 1. The number of hydrogen-bond acceptors (Lipinski definition) is 4. The number of fused-ring (bicyclic) bond motifs is 1. The van der Waals surface area contributed by atoms with Gasteiger partial charge in [-0.3, -0.25) is 9.59 Å². The number of carbonyl (C=O) groups excluding carboxylic acids is 2. The summed E-state index contributed by atoms with van der Waals surface area (Å²) in [7, 11) is 1.99. The van der Waals surface area contributed by atoms with Crippen molar-refractivity contribution in [3.8, 4) is 0 Å².